The van der Waals surface area contributed by atoms with E-state index in [0.29, 0.717) is 13.1 Å². The molecule has 2 aliphatic rings. The van der Waals surface area contributed by atoms with Crippen LogP contribution in [0.25, 0.3) is 21.8 Å². The Morgan fingerprint density at radius 3 is 1.30 bits per heavy atom. The molecule has 0 radical (unpaired) electrons. The molecule has 0 unspecified atom stereocenters. The van der Waals surface area contributed by atoms with Crippen LogP contribution in [-0.4, -0.2) is 121 Å². The SMILES string of the molecule is COc1cc2c(NCc3ccncc3)nc(N3CCCCC3)nc2cc1C#CCCN(C)C.COc1cc2c(NCc3ccncc3)nc(N3CCCCC3)nc2cc1C#CCCN(C)C. The van der Waals surface area contributed by atoms with Crippen molar-refractivity contribution in [1.29, 1.82) is 0 Å². The van der Waals surface area contributed by atoms with E-state index >= 15 is 0 Å². The second-order valence-electron chi connectivity index (χ2n) is 17.1. The van der Waals surface area contributed by atoms with Gasteiger partial charge in [0.25, 0.3) is 0 Å². The number of piperidine rings is 2. The van der Waals surface area contributed by atoms with Gasteiger partial charge in [-0.2, -0.15) is 9.97 Å². The maximum atomic E-state index is 5.68. The molecular weight excluding hydrogens is 825 g/mol. The molecule has 0 bridgehead atoms. The number of hydrogen-bond acceptors (Lipinski definition) is 14. The van der Waals surface area contributed by atoms with E-state index in [1.165, 1.54) is 38.5 Å². The molecule has 2 aliphatic heterocycles. The number of hydrogen-bond donors (Lipinski definition) is 2. The third-order valence-corrected chi connectivity index (χ3v) is 11.5. The zero-order chi connectivity index (χ0) is 46.1. The Balaban J connectivity index is 0.000000196. The molecule has 6 heterocycles. The molecule has 2 N–H and O–H groups in total. The number of anilines is 4. The summed E-state index contributed by atoms with van der Waals surface area (Å²) in [6.07, 6.45) is 16.0. The molecule has 0 atom stereocenters. The molecule has 0 amide bonds. The van der Waals surface area contributed by atoms with Gasteiger partial charge in [-0.1, -0.05) is 23.7 Å². The summed E-state index contributed by atoms with van der Waals surface area (Å²) in [7, 11) is 11.6. The Labute approximate surface area is 390 Å². The highest BCUT2D eigenvalue weighted by atomic mass is 16.5. The Bertz CT molecular complexity index is 2440. The number of methoxy groups -OCH3 is 2. The highest BCUT2D eigenvalue weighted by Crippen LogP contribution is 2.33. The Hall–Kier alpha value is -6.74. The number of fused-ring (bicyclic) bond motifs is 2. The molecule has 0 aliphatic carbocycles. The van der Waals surface area contributed by atoms with Crippen LogP contribution in [0.15, 0.2) is 73.3 Å². The largest absolute Gasteiger partial charge is 0.495 e. The first-order valence-electron chi connectivity index (χ1n) is 23.1. The number of rotatable bonds is 14. The molecule has 344 valence electrons. The van der Waals surface area contributed by atoms with E-state index in [4.69, 9.17) is 29.4 Å². The summed E-state index contributed by atoms with van der Waals surface area (Å²) in [6.45, 7) is 7.11. The van der Waals surface area contributed by atoms with E-state index < -0.39 is 0 Å². The molecule has 14 heteroatoms. The van der Waals surface area contributed by atoms with Crippen LogP contribution in [0, 0.1) is 23.7 Å². The average molecular weight is 889 g/mol. The number of pyridine rings is 2. The Kier molecular flexibility index (Phi) is 17.2. The van der Waals surface area contributed by atoms with Crippen molar-refractivity contribution in [3.63, 3.8) is 0 Å². The lowest BCUT2D eigenvalue weighted by molar-refractivity contribution is 0.414. The lowest BCUT2D eigenvalue weighted by Crippen LogP contribution is -2.31. The molecule has 6 aromatic rings. The molecule has 8 rings (SSSR count). The quantitative estimate of drug-likeness (QED) is 0.103. The van der Waals surface area contributed by atoms with E-state index in [-0.39, 0.29) is 0 Å². The predicted molar refractivity (Wildman–Crippen MR) is 268 cm³/mol. The highest BCUT2D eigenvalue weighted by Gasteiger charge is 2.20. The summed E-state index contributed by atoms with van der Waals surface area (Å²) in [5.74, 6) is 17.7. The van der Waals surface area contributed by atoms with Gasteiger partial charge in [0.15, 0.2) is 0 Å². The van der Waals surface area contributed by atoms with Crippen LogP contribution in [0.5, 0.6) is 11.5 Å². The summed E-state index contributed by atoms with van der Waals surface area (Å²) >= 11 is 0. The van der Waals surface area contributed by atoms with E-state index in [1.807, 2.05) is 48.5 Å². The first kappa shape index (κ1) is 47.2. The van der Waals surface area contributed by atoms with Gasteiger partial charge in [-0.05, 0) is 126 Å². The first-order valence-corrected chi connectivity index (χ1v) is 23.1. The van der Waals surface area contributed by atoms with Gasteiger partial charge in [0, 0.05) is 101 Å². The lowest BCUT2D eigenvalue weighted by Gasteiger charge is -2.27. The van der Waals surface area contributed by atoms with Gasteiger partial charge in [-0.3, -0.25) is 9.97 Å². The number of aromatic nitrogens is 6. The summed E-state index contributed by atoms with van der Waals surface area (Å²) in [5.41, 5.74) is 5.75. The normalized spacial score (nSPS) is 13.6. The highest BCUT2D eigenvalue weighted by molar-refractivity contribution is 5.94. The minimum Gasteiger partial charge on any atom is -0.495 e. The van der Waals surface area contributed by atoms with Crippen molar-refractivity contribution in [2.24, 2.45) is 0 Å². The van der Waals surface area contributed by atoms with Gasteiger partial charge in [0.05, 0.1) is 36.4 Å². The van der Waals surface area contributed by atoms with Gasteiger partial charge in [-0.25, -0.2) is 9.97 Å². The van der Waals surface area contributed by atoms with Crippen LogP contribution in [-0.2, 0) is 13.1 Å². The van der Waals surface area contributed by atoms with E-state index in [0.717, 1.165) is 131 Å². The van der Waals surface area contributed by atoms with Crippen LogP contribution < -0.4 is 29.9 Å². The molecular formula is C52H64N12O2. The van der Waals surface area contributed by atoms with Crippen LogP contribution in [0.4, 0.5) is 23.5 Å². The maximum absolute atomic E-state index is 5.68. The fourth-order valence-corrected chi connectivity index (χ4v) is 7.81. The van der Waals surface area contributed by atoms with Gasteiger partial charge in [0.1, 0.15) is 23.1 Å². The second-order valence-corrected chi connectivity index (χ2v) is 17.1. The Morgan fingerprint density at radius 2 is 0.939 bits per heavy atom. The lowest BCUT2D eigenvalue weighted by atomic mass is 10.1. The molecule has 4 aromatic heterocycles. The molecule has 14 nitrogen and oxygen atoms in total. The van der Waals surface area contributed by atoms with E-state index in [2.05, 4.69) is 92.1 Å². The third-order valence-electron chi connectivity index (χ3n) is 11.5. The van der Waals surface area contributed by atoms with Crippen molar-refractivity contribution in [3.05, 3.63) is 95.6 Å². The van der Waals surface area contributed by atoms with E-state index in [1.54, 1.807) is 39.0 Å². The number of nitrogens with one attached hydrogen (secondary N) is 2. The van der Waals surface area contributed by atoms with Gasteiger partial charge >= 0.3 is 0 Å². The summed E-state index contributed by atoms with van der Waals surface area (Å²) < 4.78 is 11.4. The van der Waals surface area contributed by atoms with Gasteiger partial charge in [0.2, 0.25) is 11.9 Å². The van der Waals surface area contributed by atoms with Crippen molar-refractivity contribution < 1.29 is 9.47 Å². The van der Waals surface area contributed by atoms with Gasteiger partial charge in [-0.15, -0.1) is 0 Å². The first-order chi connectivity index (χ1) is 32.3. The van der Waals surface area contributed by atoms with Crippen LogP contribution in [0.3, 0.4) is 0 Å². The van der Waals surface area contributed by atoms with Crippen molar-refractivity contribution in [1.82, 2.24) is 39.7 Å². The molecule has 2 fully saturated rings. The number of nitrogens with zero attached hydrogens (tertiary/aromatic N) is 10. The van der Waals surface area contributed by atoms with Gasteiger partial charge < -0.3 is 39.7 Å². The standard InChI is InChI=1S/2C26H32N6O/c2*1-31(2)14-8-5-9-21-17-23-22(18-24(21)33-3)25(28-19-20-10-12-27-13-11-20)30-26(29-23)32-15-6-4-7-16-32/h2*10-13,17-18H,4,6-8,14-16,19H2,1-3H3,(H,28,29,30). The molecule has 66 heavy (non-hydrogen) atoms. The van der Waals surface area contributed by atoms with Crippen molar-refractivity contribution >= 4 is 45.3 Å². The zero-order valence-electron chi connectivity index (χ0n) is 39.5. The van der Waals surface area contributed by atoms with Crippen molar-refractivity contribution in [3.8, 4) is 35.2 Å². The molecule has 0 saturated carbocycles. The molecule has 2 aromatic carbocycles. The van der Waals surface area contributed by atoms with Crippen molar-refractivity contribution in [2.45, 2.75) is 64.5 Å². The maximum Gasteiger partial charge on any atom is 0.227 e. The number of ether oxygens (including phenoxy) is 2. The molecule has 2 saturated heterocycles. The monoisotopic (exact) mass is 889 g/mol. The summed E-state index contributed by atoms with van der Waals surface area (Å²) in [6, 6.07) is 16.1. The Morgan fingerprint density at radius 1 is 0.545 bits per heavy atom. The molecule has 0 spiro atoms. The second kappa shape index (κ2) is 24.0. The van der Waals surface area contributed by atoms with Crippen LogP contribution >= 0.6 is 0 Å². The fourth-order valence-electron chi connectivity index (χ4n) is 7.81. The predicted octanol–water partition coefficient (Wildman–Crippen LogP) is 7.88. The van der Waals surface area contributed by atoms with Crippen LogP contribution in [0.1, 0.15) is 73.6 Å². The van der Waals surface area contributed by atoms with E-state index in [9.17, 15) is 0 Å². The third kappa shape index (κ3) is 13.2. The topological polar surface area (TPSA) is 133 Å². The number of benzene rings is 2. The zero-order valence-corrected chi connectivity index (χ0v) is 39.5. The summed E-state index contributed by atoms with van der Waals surface area (Å²) in [5, 5.41) is 8.89. The summed E-state index contributed by atoms with van der Waals surface area (Å²) in [4.78, 5) is 36.8. The van der Waals surface area contributed by atoms with Crippen LogP contribution in [0.2, 0.25) is 0 Å². The average Bonchev–Trinajstić information content (AvgIpc) is 3.35. The smallest absolute Gasteiger partial charge is 0.227 e. The van der Waals surface area contributed by atoms with Crippen molar-refractivity contribution in [2.75, 3.05) is 102 Å². The minimum absolute atomic E-state index is 0.655. The minimum atomic E-state index is 0.655. The fraction of sp³-hybridized carbons (Fsp3) is 0.423.